The van der Waals surface area contributed by atoms with Crippen molar-refractivity contribution in [3.63, 3.8) is 0 Å². The number of methoxy groups -OCH3 is 2. The number of rotatable bonds is 6. The zero-order chi connectivity index (χ0) is 19.6. The minimum absolute atomic E-state index is 0.00914. The molecule has 1 heterocycles. The molecule has 3 rings (SSSR count). The lowest BCUT2D eigenvalue weighted by Gasteiger charge is -2.15. The number of hydrogen-bond donors (Lipinski definition) is 1. The Balaban J connectivity index is 1.68. The van der Waals surface area contributed by atoms with Crippen LogP contribution in [0.5, 0.6) is 11.5 Å². The summed E-state index contributed by atoms with van der Waals surface area (Å²) in [6, 6.07) is 8.79. The van der Waals surface area contributed by atoms with Crippen LogP contribution in [-0.4, -0.2) is 43.4 Å². The summed E-state index contributed by atoms with van der Waals surface area (Å²) in [6.07, 6.45) is -0.145. The van der Waals surface area contributed by atoms with Crippen molar-refractivity contribution in [3.05, 3.63) is 53.3 Å². The molecule has 0 aromatic heterocycles. The molecule has 3 amide bonds. The first-order valence-corrected chi connectivity index (χ1v) is 8.13. The van der Waals surface area contributed by atoms with E-state index in [1.54, 1.807) is 18.2 Å². The van der Waals surface area contributed by atoms with E-state index in [9.17, 15) is 18.8 Å². The average Bonchev–Trinajstić information content (AvgIpc) is 2.91. The summed E-state index contributed by atoms with van der Waals surface area (Å²) in [6.45, 7) is -0.163. The van der Waals surface area contributed by atoms with E-state index < -0.39 is 23.5 Å². The van der Waals surface area contributed by atoms with E-state index in [1.165, 1.54) is 26.4 Å². The molecule has 27 heavy (non-hydrogen) atoms. The lowest BCUT2D eigenvalue weighted by Crippen LogP contribution is -2.33. The molecular weight excluding hydrogens is 355 g/mol. The minimum atomic E-state index is -0.751. The number of ether oxygens (including phenoxy) is 2. The highest BCUT2D eigenvalue weighted by atomic mass is 19.1. The van der Waals surface area contributed by atoms with Crippen molar-refractivity contribution >= 4 is 23.4 Å². The van der Waals surface area contributed by atoms with Gasteiger partial charge in [0.05, 0.1) is 31.0 Å². The van der Waals surface area contributed by atoms with Crippen LogP contribution in [0.2, 0.25) is 0 Å². The van der Waals surface area contributed by atoms with E-state index >= 15 is 0 Å². The van der Waals surface area contributed by atoms with E-state index in [1.807, 2.05) is 0 Å². The Morgan fingerprint density at radius 1 is 1.11 bits per heavy atom. The summed E-state index contributed by atoms with van der Waals surface area (Å²) in [4.78, 5) is 37.7. The molecular formula is C19H17FN2O5. The average molecular weight is 372 g/mol. The summed E-state index contributed by atoms with van der Waals surface area (Å²) >= 11 is 0. The molecule has 0 fully saturated rings. The van der Waals surface area contributed by atoms with Gasteiger partial charge in [-0.1, -0.05) is 6.07 Å². The number of halogens is 1. The number of hydrogen-bond acceptors (Lipinski definition) is 5. The molecule has 8 heteroatoms. The number of benzene rings is 2. The van der Waals surface area contributed by atoms with Gasteiger partial charge in [0.2, 0.25) is 5.91 Å². The van der Waals surface area contributed by atoms with Crippen LogP contribution < -0.4 is 14.8 Å². The van der Waals surface area contributed by atoms with E-state index in [0.29, 0.717) is 17.2 Å². The standard InChI is InChI=1S/C19H17FN2O5/c1-26-11-6-7-15(27-2)14(10-11)21-16(23)8-9-22-18(24)12-4-3-5-13(20)17(12)19(22)25/h3-7,10H,8-9H2,1-2H3,(H,21,23). The maximum atomic E-state index is 13.8. The maximum absolute atomic E-state index is 13.8. The summed E-state index contributed by atoms with van der Waals surface area (Å²) < 4.78 is 24.1. The van der Waals surface area contributed by atoms with Gasteiger partial charge in [0.1, 0.15) is 17.3 Å². The number of amides is 3. The SMILES string of the molecule is COc1ccc(OC)c(NC(=O)CCN2C(=O)c3cccc(F)c3C2=O)c1. The smallest absolute Gasteiger partial charge is 0.264 e. The zero-order valence-corrected chi connectivity index (χ0v) is 14.7. The fourth-order valence-corrected chi connectivity index (χ4v) is 2.83. The number of fused-ring (bicyclic) bond motifs is 1. The summed E-state index contributed by atoms with van der Waals surface area (Å²) in [5.41, 5.74) is 0.155. The Labute approximate surface area is 154 Å². The van der Waals surface area contributed by atoms with Crippen LogP contribution in [0.15, 0.2) is 36.4 Å². The predicted molar refractivity (Wildman–Crippen MR) is 94.6 cm³/mol. The van der Waals surface area contributed by atoms with E-state index in [2.05, 4.69) is 5.32 Å². The van der Waals surface area contributed by atoms with Gasteiger partial charge < -0.3 is 14.8 Å². The summed E-state index contributed by atoms with van der Waals surface area (Å²) in [7, 11) is 2.96. The van der Waals surface area contributed by atoms with Crippen LogP contribution in [0.4, 0.5) is 10.1 Å². The van der Waals surface area contributed by atoms with Crippen LogP contribution in [0.25, 0.3) is 0 Å². The van der Waals surface area contributed by atoms with Crippen molar-refractivity contribution < 1.29 is 28.2 Å². The van der Waals surface area contributed by atoms with Crippen LogP contribution in [0, 0.1) is 5.82 Å². The Morgan fingerprint density at radius 3 is 2.56 bits per heavy atom. The first-order valence-electron chi connectivity index (χ1n) is 8.13. The van der Waals surface area contributed by atoms with Crippen LogP contribution in [-0.2, 0) is 4.79 Å². The number of imide groups is 1. The molecule has 0 radical (unpaired) electrons. The number of nitrogens with one attached hydrogen (secondary N) is 1. The van der Waals surface area contributed by atoms with Crippen molar-refractivity contribution in [1.29, 1.82) is 0 Å². The lowest BCUT2D eigenvalue weighted by molar-refractivity contribution is -0.116. The second-order valence-electron chi connectivity index (χ2n) is 5.79. The van der Waals surface area contributed by atoms with Gasteiger partial charge >= 0.3 is 0 Å². The van der Waals surface area contributed by atoms with Crippen LogP contribution in [0.3, 0.4) is 0 Å². The minimum Gasteiger partial charge on any atom is -0.497 e. The molecule has 0 saturated carbocycles. The molecule has 1 N–H and O–H groups in total. The van der Waals surface area contributed by atoms with Gasteiger partial charge in [-0.05, 0) is 24.3 Å². The lowest BCUT2D eigenvalue weighted by atomic mass is 10.1. The largest absolute Gasteiger partial charge is 0.497 e. The zero-order valence-electron chi connectivity index (χ0n) is 14.7. The third-order valence-electron chi connectivity index (χ3n) is 4.19. The first kappa shape index (κ1) is 18.4. The first-order chi connectivity index (χ1) is 13.0. The Hall–Kier alpha value is -3.42. The van der Waals surface area contributed by atoms with Gasteiger partial charge in [-0.25, -0.2) is 4.39 Å². The molecule has 0 spiro atoms. The fraction of sp³-hybridized carbons (Fsp3) is 0.211. The molecule has 1 aliphatic heterocycles. The van der Waals surface area contributed by atoms with E-state index in [4.69, 9.17) is 9.47 Å². The number of nitrogens with zero attached hydrogens (tertiary/aromatic N) is 1. The normalized spacial score (nSPS) is 12.8. The Kier molecular flexibility index (Phi) is 5.07. The number of anilines is 1. The van der Waals surface area contributed by atoms with Crippen molar-refractivity contribution in [2.24, 2.45) is 0 Å². The number of carbonyl (C=O) groups excluding carboxylic acids is 3. The van der Waals surface area contributed by atoms with Gasteiger partial charge in [-0.15, -0.1) is 0 Å². The van der Waals surface area contributed by atoms with E-state index in [0.717, 1.165) is 11.0 Å². The molecule has 0 unspecified atom stereocenters. The van der Waals surface area contributed by atoms with Crippen molar-refractivity contribution in [2.75, 3.05) is 26.1 Å². The highest BCUT2D eigenvalue weighted by Crippen LogP contribution is 2.29. The Bertz CT molecular complexity index is 928. The molecule has 0 saturated heterocycles. The predicted octanol–water partition coefficient (Wildman–Crippen LogP) is 2.47. The summed E-state index contributed by atoms with van der Waals surface area (Å²) in [5.74, 6) is -1.56. The third kappa shape index (κ3) is 3.46. The quantitative estimate of drug-likeness (QED) is 0.788. The van der Waals surface area contributed by atoms with Crippen molar-refractivity contribution in [1.82, 2.24) is 4.90 Å². The van der Waals surface area contributed by atoms with Gasteiger partial charge in [0, 0.05) is 19.0 Å². The molecule has 0 atom stereocenters. The summed E-state index contributed by atoms with van der Waals surface area (Å²) in [5, 5.41) is 2.66. The molecule has 140 valence electrons. The molecule has 2 aromatic carbocycles. The van der Waals surface area contributed by atoms with Crippen molar-refractivity contribution in [2.45, 2.75) is 6.42 Å². The molecule has 0 bridgehead atoms. The Morgan fingerprint density at radius 2 is 1.89 bits per heavy atom. The van der Waals surface area contributed by atoms with Gasteiger partial charge in [-0.2, -0.15) is 0 Å². The highest BCUT2D eigenvalue weighted by Gasteiger charge is 2.37. The molecule has 0 aliphatic carbocycles. The van der Waals surface area contributed by atoms with Gasteiger partial charge in [0.15, 0.2) is 0 Å². The molecule has 2 aromatic rings. The van der Waals surface area contributed by atoms with Crippen molar-refractivity contribution in [3.8, 4) is 11.5 Å². The van der Waals surface area contributed by atoms with Gasteiger partial charge in [0.25, 0.3) is 11.8 Å². The van der Waals surface area contributed by atoms with Crippen LogP contribution >= 0.6 is 0 Å². The van der Waals surface area contributed by atoms with Gasteiger partial charge in [-0.3, -0.25) is 19.3 Å². The monoisotopic (exact) mass is 372 g/mol. The topological polar surface area (TPSA) is 84.9 Å². The fourth-order valence-electron chi connectivity index (χ4n) is 2.83. The van der Waals surface area contributed by atoms with E-state index in [-0.39, 0.29) is 24.1 Å². The molecule has 1 aliphatic rings. The third-order valence-corrected chi connectivity index (χ3v) is 4.19. The highest BCUT2D eigenvalue weighted by molar-refractivity contribution is 6.21. The molecule has 7 nitrogen and oxygen atoms in total. The number of carbonyl (C=O) groups is 3. The second kappa shape index (κ2) is 7.45. The maximum Gasteiger partial charge on any atom is 0.264 e. The van der Waals surface area contributed by atoms with Crippen LogP contribution in [0.1, 0.15) is 27.1 Å². The second-order valence-corrected chi connectivity index (χ2v) is 5.79.